The van der Waals surface area contributed by atoms with E-state index in [1.165, 1.54) is 4.31 Å². The van der Waals surface area contributed by atoms with E-state index in [4.69, 9.17) is 4.74 Å². The molecule has 0 saturated carbocycles. The van der Waals surface area contributed by atoms with Crippen LogP contribution in [0, 0.1) is 5.92 Å². The average molecular weight is 454 g/mol. The molecule has 1 amide bonds. The molecule has 0 unspecified atom stereocenters. The molecule has 0 aliphatic carbocycles. The summed E-state index contributed by atoms with van der Waals surface area (Å²) < 4.78 is 34.8. The van der Waals surface area contributed by atoms with Crippen LogP contribution in [-0.2, 0) is 27.8 Å². The minimum Gasteiger partial charge on any atom is -0.493 e. The van der Waals surface area contributed by atoms with Crippen LogP contribution in [0.4, 0.5) is 0 Å². The highest BCUT2D eigenvalue weighted by molar-refractivity contribution is 7.89. The van der Waals surface area contributed by atoms with Gasteiger partial charge in [-0.25, -0.2) is 8.42 Å². The van der Waals surface area contributed by atoms with E-state index in [1.807, 2.05) is 18.2 Å². The summed E-state index contributed by atoms with van der Waals surface area (Å²) in [6, 6.07) is 9.63. The molecule has 2 bridgehead atoms. The van der Waals surface area contributed by atoms with Gasteiger partial charge in [0.25, 0.3) is 0 Å². The molecule has 2 aromatic rings. The van der Waals surface area contributed by atoms with Crippen molar-refractivity contribution in [2.24, 2.45) is 5.92 Å². The lowest BCUT2D eigenvalue weighted by Gasteiger charge is -2.40. The van der Waals surface area contributed by atoms with Crippen molar-refractivity contribution in [3.63, 3.8) is 0 Å². The molecule has 32 heavy (non-hydrogen) atoms. The molecule has 168 valence electrons. The largest absolute Gasteiger partial charge is 0.493 e. The van der Waals surface area contributed by atoms with E-state index in [-0.39, 0.29) is 22.8 Å². The van der Waals surface area contributed by atoms with Crippen LogP contribution in [0.15, 0.2) is 60.1 Å². The van der Waals surface area contributed by atoms with Gasteiger partial charge in [-0.3, -0.25) is 9.78 Å². The Balaban J connectivity index is 1.53. The lowest BCUT2D eigenvalue weighted by atomic mass is 9.90. The van der Waals surface area contributed by atoms with Gasteiger partial charge in [0.15, 0.2) is 0 Å². The molecule has 4 heterocycles. The van der Waals surface area contributed by atoms with Gasteiger partial charge in [-0.15, -0.1) is 6.58 Å². The van der Waals surface area contributed by atoms with E-state index in [0.29, 0.717) is 39.0 Å². The maximum absolute atomic E-state index is 13.9. The van der Waals surface area contributed by atoms with Crippen LogP contribution in [0.2, 0.25) is 0 Å². The average Bonchev–Trinajstić information content (AvgIpc) is 3.27. The Hall–Kier alpha value is -2.71. The van der Waals surface area contributed by atoms with Gasteiger partial charge in [0.2, 0.25) is 15.9 Å². The number of amides is 1. The Kier molecular flexibility index (Phi) is 5.51. The van der Waals surface area contributed by atoms with Gasteiger partial charge in [0.1, 0.15) is 11.8 Å². The van der Waals surface area contributed by atoms with E-state index < -0.39 is 16.1 Å². The van der Waals surface area contributed by atoms with Crippen molar-refractivity contribution in [2.75, 3.05) is 13.2 Å². The zero-order chi connectivity index (χ0) is 22.3. The highest BCUT2D eigenvalue weighted by Gasteiger charge is 2.49. The maximum Gasteiger partial charge on any atom is 0.244 e. The molecule has 7 nitrogen and oxygen atoms in total. The highest BCUT2D eigenvalue weighted by Crippen LogP contribution is 2.39. The number of carbonyl (C=O) groups is 1. The Bertz CT molecular complexity index is 1140. The summed E-state index contributed by atoms with van der Waals surface area (Å²) in [5.74, 6) is 0.430. The molecule has 0 spiro atoms. The quantitative estimate of drug-likeness (QED) is 0.651. The molecule has 5 rings (SSSR count). The number of fused-ring (bicyclic) bond motifs is 3. The number of nitrogens with zero attached hydrogens (tertiary/aromatic N) is 3. The predicted molar refractivity (Wildman–Crippen MR) is 119 cm³/mol. The van der Waals surface area contributed by atoms with E-state index >= 15 is 0 Å². The van der Waals surface area contributed by atoms with Crippen LogP contribution < -0.4 is 4.74 Å². The third-order valence-electron chi connectivity index (χ3n) is 6.75. The van der Waals surface area contributed by atoms with Crippen molar-refractivity contribution < 1.29 is 17.9 Å². The molecule has 1 aromatic heterocycles. The SMILES string of the molecule is C=C[C@@H]1CN(Cc2ccccn2)C(=O)[C@@H]2CCC[C@H]1N2S(=O)(=O)c1ccc2c(c1)CCO2. The monoisotopic (exact) mass is 453 g/mol. The van der Waals surface area contributed by atoms with Crippen LogP contribution in [0.1, 0.15) is 30.5 Å². The van der Waals surface area contributed by atoms with E-state index in [1.54, 1.807) is 35.4 Å². The van der Waals surface area contributed by atoms with Gasteiger partial charge in [0, 0.05) is 31.1 Å². The molecular weight excluding hydrogens is 426 g/mol. The predicted octanol–water partition coefficient (Wildman–Crippen LogP) is 2.77. The summed E-state index contributed by atoms with van der Waals surface area (Å²) >= 11 is 0. The molecule has 8 heteroatoms. The van der Waals surface area contributed by atoms with Gasteiger partial charge in [-0.1, -0.05) is 12.1 Å². The maximum atomic E-state index is 13.9. The molecule has 3 atom stereocenters. The smallest absolute Gasteiger partial charge is 0.244 e. The summed E-state index contributed by atoms with van der Waals surface area (Å²) in [7, 11) is -3.87. The van der Waals surface area contributed by atoms with Crippen LogP contribution in [-0.4, -0.2) is 53.7 Å². The zero-order valence-electron chi connectivity index (χ0n) is 17.9. The number of benzene rings is 1. The molecule has 2 saturated heterocycles. The van der Waals surface area contributed by atoms with Crippen LogP contribution in [0.5, 0.6) is 5.75 Å². The fraction of sp³-hybridized carbons (Fsp3) is 0.417. The first-order chi connectivity index (χ1) is 15.5. The molecule has 0 N–H and O–H groups in total. The van der Waals surface area contributed by atoms with Gasteiger partial charge in [-0.05, 0) is 55.2 Å². The first-order valence-corrected chi connectivity index (χ1v) is 12.5. The second kappa shape index (κ2) is 8.33. The normalized spacial score (nSPS) is 25.7. The third kappa shape index (κ3) is 3.61. The van der Waals surface area contributed by atoms with Crippen LogP contribution in [0.25, 0.3) is 0 Å². The first-order valence-electron chi connectivity index (χ1n) is 11.1. The highest BCUT2D eigenvalue weighted by atomic mass is 32.2. The van der Waals surface area contributed by atoms with Gasteiger partial charge in [-0.2, -0.15) is 4.31 Å². The van der Waals surface area contributed by atoms with Gasteiger partial charge < -0.3 is 9.64 Å². The van der Waals surface area contributed by atoms with Crippen molar-refractivity contribution >= 4 is 15.9 Å². The standard InChI is InChI=1S/C24H27N3O4S/c1-2-17-15-26(16-19-6-3-4-12-25-19)24(28)22-8-5-7-21(17)27(22)32(29,30)20-9-10-23-18(14-20)11-13-31-23/h2-4,6,9-10,12,14,17,21-22H,1,5,7-8,11,13,15-16H2/t17-,21-,22+/m1/s1. The number of piperidine rings is 1. The topological polar surface area (TPSA) is 79.8 Å². The second-order valence-electron chi connectivity index (χ2n) is 8.66. The van der Waals surface area contributed by atoms with Crippen molar-refractivity contribution in [1.82, 2.24) is 14.2 Å². The van der Waals surface area contributed by atoms with Crippen LogP contribution in [0.3, 0.4) is 0 Å². The molecule has 1 aromatic carbocycles. The Morgan fingerprint density at radius 1 is 1.22 bits per heavy atom. The van der Waals surface area contributed by atoms with E-state index in [0.717, 1.165) is 23.4 Å². The minimum atomic E-state index is -3.87. The Labute approximate surface area is 188 Å². The third-order valence-corrected chi connectivity index (χ3v) is 8.68. The molecule has 3 aliphatic heterocycles. The van der Waals surface area contributed by atoms with Gasteiger partial charge in [0.05, 0.1) is 23.7 Å². The number of rotatable bonds is 5. The first kappa shape index (κ1) is 21.2. The van der Waals surface area contributed by atoms with Gasteiger partial charge >= 0.3 is 0 Å². The number of sulfonamides is 1. The lowest BCUT2D eigenvalue weighted by Crippen LogP contribution is -2.54. The number of hydrogen-bond acceptors (Lipinski definition) is 5. The number of aromatic nitrogens is 1. The Morgan fingerprint density at radius 2 is 2.09 bits per heavy atom. The number of carbonyl (C=O) groups excluding carboxylic acids is 1. The van der Waals surface area contributed by atoms with E-state index in [9.17, 15) is 13.2 Å². The fourth-order valence-electron chi connectivity index (χ4n) is 5.17. The molecular formula is C24H27N3O4S. The van der Waals surface area contributed by atoms with Crippen molar-refractivity contribution in [2.45, 2.75) is 49.2 Å². The van der Waals surface area contributed by atoms with Crippen molar-refractivity contribution in [1.29, 1.82) is 0 Å². The molecule has 3 aliphatic rings. The fourth-order valence-corrected chi connectivity index (χ4v) is 7.09. The van der Waals surface area contributed by atoms with Crippen LogP contribution >= 0.6 is 0 Å². The van der Waals surface area contributed by atoms with Crippen molar-refractivity contribution in [3.05, 3.63) is 66.5 Å². The number of ether oxygens (including phenoxy) is 1. The number of hydrogen-bond donors (Lipinski definition) is 0. The zero-order valence-corrected chi connectivity index (χ0v) is 18.7. The summed E-state index contributed by atoms with van der Waals surface area (Å²) in [6.45, 7) is 5.34. The van der Waals surface area contributed by atoms with E-state index in [2.05, 4.69) is 11.6 Å². The molecule has 0 radical (unpaired) electrons. The number of pyridine rings is 1. The molecule has 2 fully saturated rings. The lowest BCUT2D eigenvalue weighted by molar-refractivity contribution is -0.135. The minimum absolute atomic E-state index is 0.152. The summed E-state index contributed by atoms with van der Waals surface area (Å²) in [5.41, 5.74) is 1.68. The summed E-state index contributed by atoms with van der Waals surface area (Å²) in [6.07, 6.45) is 6.24. The van der Waals surface area contributed by atoms with Crippen molar-refractivity contribution in [3.8, 4) is 5.75 Å². The second-order valence-corrected chi connectivity index (χ2v) is 10.5. The summed E-state index contributed by atoms with van der Waals surface area (Å²) in [4.78, 5) is 20.0. The summed E-state index contributed by atoms with van der Waals surface area (Å²) in [5, 5.41) is 0. The Morgan fingerprint density at radius 3 is 2.88 bits per heavy atom.